The summed E-state index contributed by atoms with van der Waals surface area (Å²) in [6.45, 7) is -0.383. The maximum Gasteiger partial charge on any atom is 0.338 e. The molecule has 4 atom stereocenters. The van der Waals surface area contributed by atoms with Crippen molar-refractivity contribution in [1.82, 2.24) is 0 Å². The third kappa shape index (κ3) is 6.96. The van der Waals surface area contributed by atoms with Crippen LogP contribution in [0.1, 0.15) is 31.1 Å². The summed E-state index contributed by atoms with van der Waals surface area (Å²) in [5, 5.41) is 1.29. The molecule has 1 fully saturated rings. The molecular weight excluding hydrogens is 582 g/mol. The Morgan fingerprint density at radius 3 is 1.45 bits per heavy atom. The standard InChI is InChI=1S/C26H18Cl4O8/c27-17-7-1-14(2-8-17)23(31)34-13-20-21(36-24(32)15-3-9-18(28)10-4-15)22(26(35-20)38-30)37-25(33)16-5-11-19(29)12-6-16/h1-12,20-22,26H,13H2/t20-,21-,22-,26-/m1/s1. The fourth-order valence-corrected chi connectivity index (χ4v) is 4.07. The molecule has 198 valence electrons. The van der Waals surface area contributed by atoms with Crippen molar-refractivity contribution in [3.8, 4) is 0 Å². The predicted molar refractivity (Wildman–Crippen MR) is 139 cm³/mol. The van der Waals surface area contributed by atoms with Crippen molar-refractivity contribution in [3.05, 3.63) is 105 Å². The van der Waals surface area contributed by atoms with Gasteiger partial charge in [-0.25, -0.2) is 18.7 Å². The molecule has 3 aromatic carbocycles. The summed E-state index contributed by atoms with van der Waals surface area (Å²) in [5.74, 6) is -2.23. The lowest BCUT2D eigenvalue weighted by Gasteiger charge is -2.23. The highest BCUT2D eigenvalue weighted by Crippen LogP contribution is 2.31. The maximum atomic E-state index is 12.9. The van der Waals surface area contributed by atoms with Crippen molar-refractivity contribution in [1.29, 1.82) is 0 Å². The number of ether oxygens (including phenoxy) is 4. The first-order valence-electron chi connectivity index (χ1n) is 11.0. The minimum atomic E-state index is -1.35. The number of benzene rings is 3. The lowest BCUT2D eigenvalue weighted by Crippen LogP contribution is -2.42. The monoisotopic (exact) mass is 598 g/mol. The molecule has 0 radical (unpaired) electrons. The van der Waals surface area contributed by atoms with Crippen LogP contribution in [0.5, 0.6) is 0 Å². The molecule has 0 spiro atoms. The van der Waals surface area contributed by atoms with Gasteiger partial charge >= 0.3 is 17.9 Å². The van der Waals surface area contributed by atoms with E-state index < -0.39 is 42.5 Å². The van der Waals surface area contributed by atoms with E-state index in [-0.39, 0.29) is 23.3 Å². The Labute approximate surface area is 237 Å². The van der Waals surface area contributed by atoms with Crippen LogP contribution >= 0.6 is 46.7 Å². The Morgan fingerprint density at radius 2 is 1.03 bits per heavy atom. The summed E-state index contributed by atoms with van der Waals surface area (Å²) in [5.41, 5.74) is 0.574. The van der Waals surface area contributed by atoms with Gasteiger partial charge in [0.25, 0.3) is 0 Å². The zero-order valence-electron chi connectivity index (χ0n) is 19.2. The summed E-state index contributed by atoms with van der Waals surface area (Å²) in [7, 11) is 0. The second-order valence-electron chi connectivity index (χ2n) is 7.99. The first kappa shape index (κ1) is 28.2. The lowest BCUT2D eigenvalue weighted by molar-refractivity contribution is -0.117. The molecule has 1 aliphatic heterocycles. The molecule has 1 heterocycles. The van der Waals surface area contributed by atoms with E-state index in [0.717, 1.165) is 0 Å². The summed E-state index contributed by atoms with van der Waals surface area (Å²) in [6, 6.07) is 17.9. The Bertz CT molecular complexity index is 1280. The number of rotatable bonds is 8. The molecule has 8 nitrogen and oxygen atoms in total. The van der Waals surface area contributed by atoms with Crippen molar-refractivity contribution < 1.29 is 37.6 Å². The van der Waals surface area contributed by atoms with Gasteiger partial charge in [0.2, 0.25) is 6.29 Å². The molecule has 1 aliphatic rings. The van der Waals surface area contributed by atoms with Crippen molar-refractivity contribution >= 4 is 64.6 Å². The van der Waals surface area contributed by atoms with Gasteiger partial charge in [0.1, 0.15) is 12.7 Å². The third-order valence-electron chi connectivity index (χ3n) is 5.46. The average molecular weight is 600 g/mol. The zero-order chi connectivity index (χ0) is 27.2. The number of halogens is 4. The molecule has 0 amide bonds. The molecular formula is C26H18Cl4O8. The molecule has 1 saturated heterocycles. The molecule has 0 saturated carbocycles. The van der Waals surface area contributed by atoms with Gasteiger partial charge in [0.05, 0.1) is 28.6 Å². The molecule has 0 bridgehead atoms. The van der Waals surface area contributed by atoms with E-state index in [1.54, 1.807) is 0 Å². The molecule has 3 aromatic rings. The highest BCUT2D eigenvalue weighted by molar-refractivity contribution is 6.31. The molecule has 0 aliphatic carbocycles. The number of hydrogen-bond acceptors (Lipinski definition) is 8. The summed E-state index contributed by atoms with van der Waals surface area (Å²) in [6.07, 6.45) is -5.04. The molecule has 4 rings (SSSR count). The maximum absolute atomic E-state index is 12.9. The van der Waals surface area contributed by atoms with Gasteiger partial charge in [-0.05, 0) is 72.8 Å². The van der Waals surface area contributed by atoms with Crippen LogP contribution < -0.4 is 0 Å². The van der Waals surface area contributed by atoms with E-state index in [2.05, 4.69) is 0 Å². The average Bonchev–Trinajstić information content (AvgIpc) is 3.24. The van der Waals surface area contributed by atoms with E-state index in [1.165, 1.54) is 72.8 Å². The summed E-state index contributed by atoms with van der Waals surface area (Å²) < 4.78 is 27.1. The SMILES string of the molecule is O=C(OC[C@H]1O[C@H](OCl)[C@H](OC(=O)c2ccc(Cl)cc2)[C@@H]1OC(=O)c1ccc(Cl)cc1)c1ccc(Cl)cc1. The summed E-state index contributed by atoms with van der Waals surface area (Å²) in [4.78, 5) is 38.3. The highest BCUT2D eigenvalue weighted by atomic mass is 35.5. The van der Waals surface area contributed by atoms with Gasteiger partial charge in [0, 0.05) is 15.1 Å². The normalized spacial score (nSPS) is 20.5. The topological polar surface area (TPSA) is 97.4 Å². The smallest absolute Gasteiger partial charge is 0.338 e. The van der Waals surface area contributed by atoms with Crippen LogP contribution in [0.15, 0.2) is 72.8 Å². The Kier molecular flexibility index (Phi) is 9.49. The molecule has 0 unspecified atom stereocenters. The Hall–Kier alpha value is -2.85. The highest BCUT2D eigenvalue weighted by Gasteiger charge is 2.51. The van der Waals surface area contributed by atoms with Crippen molar-refractivity contribution in [2.75, 3.05) is 6.61 Å². The van der Waals surface area contributed by atoms with Gasteiger partial charge < -0.3 is 18.9 Å². The number of hydrogen-bond donors (Lipinski definition) is 0. The van der Waals surface area contributed by atoms with Gasteiger partial charge in [-0.1, -0.05) is 34.8 Å². The Balaban J connectivity index is 1.55. The van der Waals surface area contributed by atoms with E-state index in [1.807, 2.05) is 0 Å². The van der Waals surface area contributed by atoms with Crippen LogP contribution in [0.4, 0.5) is 0 Å². The second-order valence-corrected chi connectivity index (χ2v) is 9.48. The first-order chi connectivity index (χ1) is 18.2. The molecule has 12 heteroatoms. The lowest BCUT2D eigenvalue weighted by atomic mass is 10.1. The van der Waals surface area contributed by atoms with Crippen LogP contribution in [0.3, 0.4) is 0 Å². The second kappa shape index (κ2) is 12.8. The van der Waals surface area contributed by atoms with Gasteiger partial charge in [-0.15, -0.1) is 0 Å². The minimum Gasteiger partial charge on any atom is -0.459 e. The first-order valence-corrected chi connectivity index (χ1v) is 12.5. The van der Waals surface area contributed by atoms with E-state index in [9.17, 15) is 14.4 Å². The summed E-state index contributed by atoms with van der Waals surface area (Å²) >= 11 is 23.3. The number of esters is 3. The van der Waals surface area contributed by atoms with Crippen LogP contribution in [0, 0.1) is 0 Å². The number of carbonyl (C=O) groups is 3. The quantitative estimate of drug-likeness (QED) is 0.225. The van der Waals surface area contributed by atoms with Crippen LogP contribution in [0.25, 0.3) is 0 Å². The van der Waals surface area contributed by atoms with Crippen LogP contribution in [0.2, 0.25) is 15.1 Å². The van der Waals surface area contributed by atoms with Gasteiger partial charge in [0.15, 0.2) is 12.2 Å². The fourth-order valence-electron chi connectivity index (χ4n) is 3.55. The van der Waals surface area contributed by atoms with Crippen molar-refractivity contribution in [2.45, 2.75) is 24.6 Å². The van der Waals surface area contributed by atoms with Gasteiger partial charge in [-0.3, -0.25) is 0 Å². The van der Waals surface area contributed by atoms with E-state index in [0.29, 0.717) is 15.1 Å². The Morgan fingerprint density at radius 1 is 0.632 bits per heavy atom. The van der Waals surface area contributed by atoms with E-state index >= 15 is 0 Å². The number of carbonyl (C=O) groups excluding carboxylic acids is 3. The zero-order valence-corrected chi connectivity index (χ0v) is 22.2. The van der Waals surface area contributed by atoms with Crippen molar-refractivity contribution in [2.24, 2.45) is 0 Å². The minimum absolute atomic E-state index is 0.170. The van der Waals surface area contributed by atoms with Crippen molar-refractivity contribution in [3.63, 3.8) is 0 Å². The molecule has 0 N–H and O–H groups in total. The van der Waals surface area contributed by atoms with E-state index in [4.69, 9.17) is 69.9 Å². The van der Waals surface area contributed by atoms with Crippen LogP contribution in [-0.2, 0) is 23.2 Å². The predicted octanol–water partition coefficient (Wildman–Crippen LogP) is 6.15. The van der Waals surface area contributed by atoms with Crippen LogP contribution in [-0.4, -0.2) is 49.1 Å². The fraction of sp³-hybridized carbons (Fsp3) is 0.192. The van der Waals surface area contributed by atoms with Gasteiger partial charge in [-0.2, -0.15) is 0 Å². The third-order valence-corrected chi connectivity index (χ3v) is 6.39. The molecule has 38 heavy (non-hydrogen) atoms. The molecule has 0 aromatic heterocycles. The largest absolute Gasteiger partial charge is 0.459 e.